The number of hydrogen-bond acceptors (Lipinski definition) is 1. The summed E-state index contributed by atoms with van der Waals surface area (Å²) in [5.74, 6) is 0.563. The molecule has 96 valence electrons. The van der Waals surface area contributed by atoms with Crippen molar-refractivity contribution in [2.75, 3.05) is 13.6 Å². The molecule has 0 aliphatic carbocycles. The van der Waals surface area contributed by atoms with Gasteiger partial charge in [0.15, 0.2) is 0 Å². The molecule has 0 spiro atoms. The molecule has 0 unspecified atom stereocenters. The van der Waals surface area contributed by atoms with E-state index in [9.17, 15) is 4.79 Å². The molecule has 0 saturated carbocycles. The normalized spacial score (nSPS) is 11.3. The van der Waals surface area contributed by atoms with Crippen LogP contribution in [0.25, 0.3) is 0 Å². The average Bonchev–Trinajstić information content (AvgIpc) is 2.58. The van der Waals surface area contributed by atoms with Gasteiger partial charge in [-0.05, 0) is 41.8 Å². The summed E-state index contributed by atoms with van der Waals surface area (Å²) in [7, 11) is 1.86. The van der Waals surface area contributed by atoms with Gasteiger partial charge in [-0.2, -0.15) is 0 Å². The zero-order chi connectivity index (χ0) is 13.2. The van der Waals surface area contributed by atoms with Crippen molar-refractivity contribution in [3.63, 3.8) is 0 Å². The SMILES string of the molecule is CC(C)CN(C)C(=O)c1cc(Br)cn1C(C)C. The van der Waals surface area contributed by atoms with E-state index in [1.54, 1.807) is 4.90 Å². The van der Waals surface area contributed by atoms with Gasteiger partial charge in [0, 0.05) is 30.3 Å². The average molecular weight is 301 g/mol. The molecule has 1 aromatic heterocycles. The minimum absolute atomic E-state index is 0.0816. The second-order valence-corrected chi connectivity index (χ2v) is 6.04. The van der Waals surface area contributed by atoms with Crippen LogP contribution in [0.2, 0.25) is 0 Å². The van der Waals surface area contributed by atoms with Gasteiger partial charge in [0.25, 0.3) is 5.91 Å². The van der Waals surface area contributed by atoms with Crippen molar-refractivity contribution in [2.24, 2.45) is 5.92 Å². The van der Waals surface area contributed by atoms with E-state index in [1.807, 2.05) is 23.9 Å². The highest BCUT2D eigenvalue weighted by Crippen LogP contribution is 2.20. The van der Waals surface area contributed by atoms with Crippen molar-refractivity contribution < 1.29 is 4.79 Å². The fraction of sp³-hybridized carbons (Fsp3) is 0.615. The molecular formula is C13H21BrN2O. The molecule has 1 amide bonds. The van der Waals surface area contributed by atoms with Gasteiger partial charge in [0.2, 0.25) is 0 Å². The third kappa shape index (κ3) is 3.60. The number of halogens is 1. The molecule has 0 atom stereocenters. The molecule has 0 bridgehead atoms. The van der Waals surface area contributed by atoms with E-state index in [2.05, 4.69) is 43.6 Å². The van der Waals surface area contributed by atoms with E-state index in [1.165, 1.54) is 0 Å². The summed E-state index contributed by atoms with van der Waals surface area (Å²) in [6.45, 7) is 9.15. The number of rotatable bonds is 4. The standard InChI is InChI=1S/C13H21BrN2O/c1-9(2)7-15(5)13(17)12-6-11(14)8-16(12)10(3)4/h6,8-10H,7H2,1-5H3. The van der Waals surface area contributed by atoms with Crippen LogP contribution in [0.5, 0.6) is 0 Å². The van der Waals surface area contributed by atoms with Crippen LogP contribution in [0.3, 0.4) is 0 Å². The zero-order valence-corrected chi connectivity index (χ0v) is 12.8. The molecule has 1 heterocycles. The molecule has 0 saturated heterocycles. The van der Waals surface area contributed by atoms with Crippen molar-refractivity contribution >= 4 is 21.8 Å². The smallest absolute Gasteiger partial charge is 0.270 e. The summed E-state index contributed by atoms with van der Waals surface area (Å²) >= 11 is 3.43. The first-order valence-electron chi connectivity index (χ1n) is 5.95. The topological polar surface area (TPSA) is 25.2 Å². The number of carbonyl (C=O) groups excluding carboxylic acids is 1. The molecule has 0 aliphatic rings. The number of hydrogen-bond donors (Lipinski definition) is 0. The second kappa shape index (κ2) is 5.71. The van der Waals surface area contributed by atoms with Crippen molar-refractivity contribution in [3.8, 4) is 0 Å². The monoisotopic (exact) mass is 300 g/mol. The first kappa shape index (κ1) is 14.3. The zero-order valence-electron chi connectivity index (χ0n) is 11.2. The Labute approximate surface area is 112 Å². The Morgan fingerprint density at radius 3 is 2.47 bits per heavy atom. The molecule has 0 radical (unpaired) electrons. The van der Waals surface area contributed by atoms with Crippen LogP contribution in [-0.4, -0.2) is 29.0 Å². The van der Waals surface area contributed by atoms with E-state index in [0.29, 0.717) is 5.92 Å². The van der Waals surface area contributed by atoms with E-state index < -0.39 is 0 Å². The molecule has 4 heteroatoms. The summed E-state index contributed by atoms with van der Waals surface area (Å²) in [6, 6.07) is 2.17. The quantitative estimate of drug-likeness (QED) is 0.834. The van der Waals surface area contributed by atoms with Crippen molar-refractivity contribution in [1.82, 2.24) is 9.47 Å². The number of carbonyl (C=O) groups is 1. The van der Waals surface area contributed by atoms with E-state index in [0.717, 1.165) is 16.7 Å². The highest BCUT2D eigenvalue weighted by atomic mass is 79.9. The Kier molecular flexibility index (Phi) is 4.80. The second-order valence-electron chi connectivity index (χ2n) is 5.12. The molecule has 3 nitrogen and oxygen atoms in total. The highest BCUT2D eigenvalue weighted by molar-refractivity contribution is 9.10. The summed E-state index contributed by atoms with van der Waals surface area (Å²) < 4.78 is 2.95. The van der Waals surface area contributed by atoms with Gasteiger partial charge >= 0.3 is 0 Å². The molecule has 1 aromatic rings. The highest BCUT2D eigenvalue weighted by Gasteiger charge is 2.18. The largest absolute Gasteiger partial charge is 0.340 e. The fourth-order valence-corrected chi connectivity index (χ4v) is 2.31. The maximum atomic E-state index is 12.3. The van der Waals surface area contributed by atoms with Crippen LogP contribution < -0.4 is 0 Å². The minimum Gasteiger partial charge on any atom is -0.340 e. The van der Waals surface area contributed by atoms with E-state index in [-0.39, 0.29) is 11.9 Å². The lowest BCUT2D eigenvalue weighted by atomic mass is 10.2. The Morgan fingerprint density at radius 2 is 2.00 bits per heavy atom. The van der Waals surface area contributed by atoms with Crippen LogP contribution in [0.4, 0.5) is 0 Å². The van der Waals surface area contributed by atoms with Crippen LogP contribution in [-0.2, 0) is 0 Å². The summed E-state index contributed by atoms with van der Waals surface area (Å²) in [4.78, 5) is 14.1. The van der Waals surface area contributed by atoms with Crippen LogP contribution >= 0.6 is 15.9 Å². The Balaban J connectivity index is 2.95. The first-order chi connectivity index (χ1) is 7.82. The maximum absolute atomic E-state index is 12.3. The lowest BCUT2D eigenvalue weighted by molar-refractivity contribution is 0.0767. The summed E-state index contributed by atoms with van der Waals surface area (Å²) in [5, 5.41) is 0. The number of amides is 1. The van der Waals surface area contributed by atoms with Crippen molar-refractivity contribution in [3.05, 3.63) is 22.4 Å². The third-order valence-electron chi connectivity index (χ3n) is 2.58. The molecule has 0 aromatic carbocycles. The van der Waals surface area contributed by atoms with Gasteiger partial charge in [-0.3, -0.25) is 4.79 Å². The van der Waals surface area contributed by atoms with Crippen LogP contribution in [0.1, 0.15) is 44.2 Å². The molecule has 0 fully saturated rings. The van der Waals surface area contributed by atoms with Gasteiger partial charge in [-0.15, -0.1) is 0 Å². The van der Waals surface area contributed by atoms with E-state index in [4.69, 9.17) is 0 Å². The summed E-state index contributed by atoms with van der Waals surface area (Å²) in [6.07, 6.45) is 1.96. The van der Waals surface area contributed by atoms with Crippen LogP contribution in [0, 0.1) is 5.92 Å². The van der Waals surface area contributed by atoms with Crippen molar-refractivity contribution in [1.29, 1.82) is 0 Å². The predicted octanol–water partition coefficient (Wildman–Crippen LogP) is 3.56. The van der Waals surface area contributed by atoms with Crippen LogP contribution in [0.15, 0.2) is 16.7 Å². The van der Waals surface area contributed by atoms with Gasteiger partial charge in [0.1, 0.15) is 5.69 Å². The first-order valence-corrected chi connectivity index (χ1v) is 6.75. The van der Waals surface area contributed by atoms with Crippen molar-refractivity contribution in [2.45, 2.75) is 33.7 Å². The number of nitrogens with zero attached hydrogens (tertiary/aromatic N) is 2. The predicted molar refractivity (Wildman–Crippen MR) is 74.3 cm³/mol. The van der Waals surface area contributed by atoms with Gasteiger partial charge < -0.3 is 9.47 Å². The number of aromatic nitrogens is 1. The Morgan fingerprint density at radius 1 is 1.41 bits per heavy atom. The third-order valence-corrected chi connectivity index (χ3v) is 3.01. The molecular weight excluding hydrogens is 280 g/mol. The minimum atomic E-state index is 0.0816. The molecule has 17 heavy (non-hydrogen) atoms. The molecule has 0 aliphatic heterocycles. The lowest BCUT2D eigenvalue weighted by Gasteiger charge is -2.21. The Bertz CT molecular complexity index is 396. The fourth-order valence-electron chi connectivity index (χ4n) is 1.87. The molecule has 1 rings (SSSR count). The molecule has 0 N–H and O–H groups in total. The summed E-state index contributed by atoms with van der Waals surface area (Å²) in [5.41, 5.74) is 0.745. The lowest BCUT2D eigenvalue weighted by Crippen LogP contribution is -2.32. The van der Waals surface area contributed by atoms with Gasteiger partial charge in [-0.1, -0.05) is 13.8 Å². The van der Waals surface area contributed by atoms with E-state index >= 15 is 0 Å². The van der Waals surface area contributed by atoms with Gasteiger partial charge in [0.05, 0.1) is 0 Å². The Hall–Kier alpha value is -0.770. The van der Waals surface area contributed by atoms with Gasteiger partial charge in [-0.25, -0.2) is 0 Å². The maximum Gasteiger partial charge on any atom is 0.270 e.